The van der Waals surface area contributed by atoms with Crippen LogP contribution in [-0.2, 0) is 25.4 Å². The number of hydrogen-bond donors (Lipinski definition) is 1. The molecule has 0 aliphatic heterocycles. The summed E-state index contributed by atoms with van der Waals surface area (Å²) >= 11 is 0. The Morgan fingerprint density at radius 1 is 1.12 bits per heavy atom. The predicted octanol–water partition coefficient (Wildman–Crippen LogP) is -0.211. The molecule has 2 rings (SSSR count). The van der Waals surface area contributed by atoms with Crippen molar-refractivity contribution in [2.45, 2.75) is 46.3 Å². The molecular weight excluding hydrogens is 340 g/mol. The van der Waals surface area contributed by atoms with E-state index in [1.54, 1.807) is 4.90 Å². The van der Waals surface area contributed by atoms with E-state index >= 15 is 0 Å². The summed E-state index contributed by atoms with van der Waals surface area (Å²) in [6.45, 7) is 7.17. The van der Waals surface area contributed by atoms with Crippen LogP contribution in [0.15, 0.2) is 15.9 Å². The van der Waals surface area contributed by atoms with Crippen molar-refractivity contribution in [3.63, 3.8) is 0 Å². The van der Waals surface area contributed by atoms with Crippen molar-refractivity contribution in [1.82, 2.24) is 28.9 Å². The van der Waals surface area contributed by atoms with Crippen molar-refractivity contribution in [3.05, 3.63) is 27.2 Å². The van der Waals surface area contributed by atoms with Gasteiger partial charge >= 0.3 is 11.7 Å². The third kappa shape index (κ3) is 3.39. The molecule has 1 N–H and O–H groups in total. The molecule has 0 aromatic carbocycles. The zero-order valence-electron chi connectivity index (χ0n) is 15.8. The Bertz CT molecular complexity index is 958. The third-order valence-electron chi connectivity index (χ3n) is 4.12. The minimum absolute atomic E-state index is 0.0707. The number of carbonyl (C=O) groups is 2. The fourth-order valence-electron chi connectivity index (χ4n) is 2.96. The first-order valence-corrected chi connectivity index (χ1v) is 8.29. The molecule has 0 saturated carbocycles. The summed E-state index contributed by atoms with van der Waals surface area (Å²) in [4.78, 5) is 54.5. The zero-order valence-corrected chi connectivity index (χ0v) is 15.8. The van der Waals surface area contributed by atoms with Crippen LogP contribution in [0.2, 0.25) is 0 Å². The number of imide groups is 1. The van der Waals surface area contributed by atoms with Crippen molar-refractivity contribution >= 4 is 23.1 Å². The molecule has 0 bridgehead atoms. The van der Waals surface area contributed by atoms with Crippen molar-refractivity contribution < 1.29 is 9.59 Å². The van der Waals surface area contributed by atoms with Crippen molar-refractivity contribution in [2.75, 3.05) is 0 Å². The van der Waals surface area contributed by atoms with Crippen LogP contribution < -0.4 is 16.6 Å². The highest BCUT2D eigenvalue weighted by molar-refractivity contribution is 5.94. The molecule has 0 spiro atoms. The van der Waals surface area contributed by atoms with E-state index in [4.69, 9.17) is 0 Å². The van der Waals surface area contributed by atoms with E-state index in [1.807, 2.05) is 27.7 Å². The maximum Gasteiger partial charge on any atom is 0.332 e. The molecule has 0 aliphatic carbocycles. The number of carbonyl (C=O) groups excluding carboxylic acids is 2. The first-order valence-electron chi connectivity index (χ1n) is 8.29. The smallest absolute Gasteiger partial charge is 0.320 e. The van der Waals surface area contributed by atoms with E-state index in [2.05, 4.69) is 10.3 Å². The first-order chi connectivity index (χ1) is 12.1. The number of aromatic nitrogens is 4. The Labute approximate surface area is 150 Å². The van der Waals surface area contributed by atoms with Gasteiger partial charge in [0.15, 0.2) is 11.2 Å². The Hall–Kier alpha value is -2.91. The highest BCUT2D eigenvalue weighted by atomic mass is 16.2. The van der Waals surface area contributed by atoms with Gasteiger partial charge in [-0.25, -0.2) is 14.6 Å². The lowest BCUT2D eigenvalue weighted by Crippen LogP contribution is -2.50. The van der Waals surface area contributed by atoms with Crippen molar-refractivity contribution in [3.8, 4) is 0 Å². The Kier molecular flexibility index (Phi) is 5.33. The van der Waals surface area contributed by atoms with Crippen LogP contribution in [0.3, 0.4) is 0 Å². The molecule has 3 amide bonds. The molecular formula is C16H24N6O4. The highest BCUT2D eigenvalue weighted by Gasteiger charge is 2.23. The van der Waals surface area contributed by atoms with Gasteiger partial charge in [0, 0.05) is 26.2 Å². The van der Waals surface area contributed by atoms with Gasteiger partial charge in [-0.15, -0.1) is 0 Å². The SMILES string of the molecule is CC(C)N(C(=O)NC(=O)Cn1cnc2c1c(=O)n(C)c(=O)n2C)C(C)C. The van der Waals surface area contributed by atoms with Gasteiger partial charge in [-0.1, -0.05) is 0 Å². The van der Waals surface area contributed by atoms with E-state index in [1.165, 1.54) is 29.6 Å². The summed E-state index contributed by atoms with van der Waals surface area (Å²) < 4.78 is 3.51. The number of imidazole rings is 1. The second-order valence-electron chi connectivity index (χ2n) is 6.70. The minimum Gasteiger partial charge on any atom is -0.320 e. The molecule has 0 aliphatic rings. The summed E-state index contributed by atoms with van der Waals surface area (Å²) in [6, 6.07) is -0.637. The number of fused-ring (bicyclic) bond motifs is 1. The van der Waals surface area contributed by atoms with E-state index in [0.717, 1.165) is 4.57 Å². The van der Waals surface area contributed by atoms with E-state index in [-0.39, 0.29) is 29.8 Å². The topological polar surface area (TPSA) is 111 Å². The van der Waals surface area contributed by atoms with Gasteiger partial charge in [-0.3, -0.25) is 24.0 Å². The average molecular weight is 364 g/mol. The van der Waals surface area contributed by atoms with E-state index in [0.29, 0.717) is 0 Å². The summed E-state index contributed by atoms with van der Waals surface area (Å²) in [5, 5.41) is 2.33. The molecule has 0 unspecified atom stereocenters. The summed E-state index contributed by atoms with van der Waals surface area (Å²) in [5.74, 6) is -0.573. The molecule has 10 heteroatoms. The van der Waals surface area contributed by atoms with Gasteiger partial charge < -0.3 is 9.47 Å². The van der Waals surface area contributed by atoms with E-state index < -0.39 is 23.2 Å². The molecule has 10 nitrogen and oxygen atoms in total. The monoisotopic (exact) mass is 364 g/mol. The van der Waals surface area contributed by atoms with Crippen molar-refractivity contribution in [2.24, 2.45) is 14.1 Å². The van der Waals surface area contributed by atoms with Crippen LogP contribution in [-0.4, -0.2) is 47.6 Å². The number of nitrogens with zero attached hydrogens (tertiary/aromatic N) is 5. The molecule has 0 atom stereocenters. The number of aryl methyl sites for hydroxylation is 1. The van der Waals surface area contributed by atoms with Crippen LogP contribution in [0, 0.1) is 0 Å². The zero-order chi connectivity index (χ0) is 19.8. The fourth-order valence-corrected chi connectivity index (χ4v) is 2.96. The lowest BCUT2D eigenvalue weighted by atomic mass is 10.2. The minimum atomic E-state index is -0.573. The van der Waals surface area contributed by atoms with Gasteiger partial charge in [-0.05, 0) is 27.7 Å². The molecule has 2 heterocycles. The van der Waals surface area contributed by atoms with Crippen LogP contribution >= 0.6 is 0 Å². The second-order valence-corrected chi connectivity index (χ2v) is 6.70. The average Bonchev–Trinajstić information content (AvgIpc) is 2.93. The van der Waals surface area contributed by atoms with Crippen LogP contribution in [0.5, 0.6) is 0 Å². The molecule has 142 valence electrons. The van der Waals surface area contributed by atoms with Crippen LogP contribution in [0.4, 0.5) is 4.79 Å². The molecule has 0 fully saturated rings. The number of urea groups is 1. The van der Waals surface area contributed by atoms with Gasteiger partial charge in [0.1, 0.15) is 6.54 Å². The standard InChI is InChI=1S/C16H24N6O4/c1-9(2)22(10(3)4)15(25)18-11(23)7-21-8-17-13-12(21)14(24)20(6)16(26)19(13)5/h8-10H,7H2,1-6H3,(H,18,23,25). The summed E-state index contributed by atoms with van der Waals surface area (Å²) in [7, 11) is 2.85. The third-order valence-corrected chi connectivity index (χ3v) is 4.12. The van der Waals surface area contributed by atoms with Gasteiger partial charge in [0.2, 0.25) is 5.91 Å². The maximum absolute atomic E-state index is 12.4. The lowest BCUT2D eigenvalue weighted by molar-refractivity contribution is -0.120. The van der Waals surface area contributed by atoms with Crippen LogP contribution in [0.25, 0.3) is 11.2 Å². The molecule has 0 radical (unpaired) electrons. The quantitative estimate of drug-likeness (QED) is 0.807. The fraction of sp³-hybridized carbons (Fsp3) is 0.562. The lowest BCUT2D eigenvalue weighted by Gasteiger charge is -2.30. The summed E-state index contributed by atoms with van der Waals surface area (Å²) in [6.07, 6.45) is 1.30. The number of amides is 3. The Balaban J connectivity index is 2.30. The van der Waals surface area contributed by atoms with Gasteiger partial charge in [0.05, 0.1) is 6.33 Å². The first kappa shape index (κ1) is 19.4. The normalized spacial score (nSPS) is 11.4. The van der Waals surface area contributed by atoms with Crippen molar-refractivity contribution in [1.29, 1.82) is 0 Å². The Morgan fingerprint density at radius 3 is 2.23 bits per heavy atom. The van der Waals surface area contributed by atoms with E-state index in [9.17, 15) is 19.2 Å². The summed E-state index contributed by atoms with van der Waals surface area (Å²) in [5.41, 5.74) is -0.743. The largest absolute Gasteiger partial charge is 0.332 e. The second kappa shape index (κ2) is 7.14. The molecule has 26 heavy (non-hydrogen) atoms. The molecule has 2 aromatic heterocycles. The Morgan fingerprint density at radius 2 is 1.69 bits per heavy atom. The highest BCUT2D eigenvalue weighted by Crippen LogP contribution is 2.07. The number of rotatable bonds is 4. The number of hydrogen-bond acceptors (Lipinski definition) is 5. The van der Waals surface area contributed by atoms with Gasteiger partial charge in [-0.2, -0.15) is 0 Å². The van der Waals surface area contributed by atoms with Gasteiger partial charge in [0.25, 0.3) is 5.56 Å². The predicted molar refractivity (Wildman–Crippen MR) is 95.9 cm³/mol. The number of nitrogens with one attached hydrogen (secondary N) is 1. The maximum atomic E-state index is 12.4. The molecule has 2 aromatic rings. The van der Waals surface area contributed by atoms with Crippen LogP contribution in [0.1, 0.15) is 27.7 Å². The molecule has 0 saturated heterocycles.